The molecule has 0 spiro atoms. The summed E-state index contributed by atoms with van der Waals surface area (Å²) in [4.78, 5) is 0. The Kier molecular flexibility index (Phi) is 3.72. The van der Waals surface area contributed by atoms with Gasteiger partial charge in [0, 0.05) is 12.1 Å². The van der Waals surface area contributed by atoms with E-state index in [1.165, 1.54) is 6.07 Å². The Morgan fingerprint density at radius 3 is 2.72 bits per heavy atom. The molecule has 2 aromatic rings. The third-order valence-corrected chi connectivity index (χ3v) is 2.85. The summed E-state index contributed by atoms with van der Waals surface area (Å²) < 4.78 is 15.4. The molecule has 0 aliphatic heterocycles. The fourth-order valence-corrected chi connectivity index (χ4v) is 1.86. The van der Waals surface area contributed by atoms with Gasteiger partial charge in [0.1, 0.15) is 12.4 Å². The van der Waals surface area contributed by atoms with E-state index in [2.05, 4.69) is 10.2 Å². The lowest BCUT2D eigenvalue weighted by Gasteiger charge is -2.08. The van der Waals surface area contributed by atoms with Crippen molar-refractivity contribution in [1.82, 2.24) is 14.8 Å². The maximum absolute atomic E-state index is 13.6. The monoisotopic (exact) mass is 249 g/mol. The van der Waals surface area contributed by atoms with Gasteiger partial charge in [0.15, 0.2) is 11.6 Å². The summed E-state index contributed by atoms with van der Waals surface area (Å²) >= 11 is 0. The van der Waals surface area contributed by atoms with Gasteiger partial charge in [0.25, 0.3) is 0 Å². The van der Waals surface area contributed by atoms with Crippen molar-refractivity contribution in [2.24, 2.45) is 0 Å². The van der Waals surface area contributed by atoms with Crippen LogP contribution in [0.2, 0.25) is 0 Å². The van der Waals surface area contributed by atoms with Crippen LogP contribution in [0.25, 0.3) is 11.4 Å². The number of aryl methyl sites for hydroxylation is 1. The Bertz CT molecular complexity index is 551. The number of halogens is 1. The van der Waals surface area contributed by atoms with Gasteiger partial charge in [-0.25, -0.2) is 4.39 Å². The van der Waals surface area contributed by atoms with Gasteiger partial charge >= 0.3 is 0 Å². The lowest BCUT2D eigenvalue weighted by Crippen LogP contribution is -2.05. The van der Waals surface area contributed by atoms with Gasteiger partial charge in [-0.05, 0) is 25.0 Å². The predicted octanol–water partition coefficient (Wildman–Crippen LogP) is 2.29. The molecule has 1 aromatic carbocycles. The molecule has 0 aliphatic carbocycles. The molecule has 1 N–H and O–H groups in total. The van der Waals surface area contributed by atoms with Crippen molar-refractivity contribution in [2.75, 3.05) is 0 Å². The highest BCUT2D eigenvalue weighted by atomic mass is 19.1. The van der Waals surface area contributed by atoms with E-state index in [0.717, 1.165) is 6.42 Å². The Morgan fingerprint density at radius 1 is 1.33 bits per heavy atom. The second kappa shape index (κ2) is 5.27. The first-order valence-electron chi connectivity index (χ1n) is 5.96. The van der Waals surface area contributed by atoms with Crippen LogP contribution >= 0.6 is 0 Å². The minimum atomic E-state index is -0.260. The highest BCUT2D eigenvalue weighted by Crippen LogP contribution is 2.21. The van der Waals surface area contributed by atoms with E-state index in [-0.39, 0.29) is 12.4 Å². The number of rotatable bonds is 4. The molecule has 0 aliphatic rings. The van der Waals surface area contributed by atoms with E-state index >= 15 is 0 Å². The lowest BCUT2D eigenvalue weighted by atomic mass is 10.1. The zero-order valence-corrected chi connectivity index (χ0v) is 10.5. The molecule has 0 amide bonds. The normalized spacial score (nSPS) is 10.9. The van der Waals surface area contributed by atoms with E-state index in [9.17, 15) is 9.50 Å². The van der Waals surface area contributed by atoms with Gasteiger partial charge in [0.2, 0.25) is 0 Å². The maximum atomic E-state index is 13.6. The van der Waals surface area contributed by atoms with E-state index in [1.807, 2.05) is 17.6 Å². The van der Waals surface area contributed by atoms with E-state index in [0.29, 0.717) is 29.3 Å². The molecule has 2 rings (SSSR count). The molecule has 0 fully saturated rings. The molecule has 96 valence electrons. The van der Waals surface area contributed by atoms with Gasteiger partial charge in [-0.15, -0.1) is 10.2 Å². The minimum Gasteiger partial charge on any atom is -0.388 e. The quantitative estimate of drug-likeness (QED) is 0.904. The number of aliphatic hydroxyl groups excluding tert-OH is 1. The van der Waals surface area contributed by atoms with Crippen molar-refractivity contribution >= 4 is 0 Å². The Morgan fingerprint density at radius 2 is 2.11 bits per heavy atom. The summed E-state index contributed by atoms with van der Waals surface area (Å²) in [6.07, 6.45) is 0.895. The van der Waals surface area contributed by atoms with E-state index in [1.54, 1.807) is 13.0 Å². The molecule has 5 heteroatoms. The molecule has 0 bridgehead atoms. The van der Waals surface area contributed by atoms with Crippen molar-refractivity contribution in [3.8, 4) is 11.4 Å². The Labute approximate surface area is 105 Å². The molecule has 0 radical (unpaired) electrons. The second-order valence-corrected chi connectivity index (χ2v) is 4.21. The molecular formula is C13H16FN3O. The standard InChI is InChI=1S/C13H16FN3O/c1-3-6-17-12(8-18)15-16-13(17)10-5-4-9(2)11(14)7-10/h4-5,7,18H,3,6,8H2,1-2H3. The van der Waals surface area contributed by atoms with Gasteiger partial charge in [-0.2, -0.15) is 0 Å². The SMILES string of the molecule is CCCn1c(CO)nnc1-c1ccc(C)c(F)c1. The first kappa shape index (κ1) is 12.7. The fraction of sp³-hybridized carbons (Fsp3) is 0.385. The van der Waals surface area contributed by atoms with Crippen molar-refractivity contribution in [3.63, 3.8) is 0 Å². The highest BCUT2D eigenvalue weighted by Gasteiger charge is 2.13. The number of benzene rings is 1. The van der Waals surface area contributed by atoms with Gasteiger partial charge < -0.3 is 9.67 Å². The van der Waals surface area contributed by atoms with Crippen molar-refractivity contribution < 1.29 is 9.50 Å². The van der Waals surface area contributed by atoms with Gasteiger partial charge in [-0.1, -0.05) is 19.1 Å². The van der Waals surface area contributed by atoms with Crippen LogP contribution in [0, 0.1) is 12.7 Å². The zero-order chi connectivity index (χ0) is 13.1. The lowest BCUT2D eigenvalue weighted by molar-refractivity contribution is 0.264. The Hall–Kier alpha value is -1.75. The van der Waals surface area contributed by atoms with Gasteiger partial charge in [-0.3, -0.25) is 0 Å². The number of hydrogen-bond donors (Lipinski definition) is 1. The summed E-state index contributed by atoms with van der Waals surface area (Å²) in [5, 5.41) is 17.2. The molecule has 1 aromatic heterocycles. The topological polar surface area (TPSA) is 50.9 Å². The molecule has 0 atom stereocenters. The van der Waals surface area contributed by atoms with Crippen molar-refractivity contribution in [2.45, 2.75) is 33.4 Å². The number of aliphatic hydroxyl groups is 1. The van der Waals surface area contributed by atoms with Crippen LogP contribution in [-0.4, -0.2) is 19.9 Å². The number of aromatic nitrogens is 3. The van der Waals surface area contributed by atoms with Crippen LogP contribution < -0.4 is 0 Å². The van der Waals surface area contributed by atoms with E-state index in [4.69, 9.17) is 0 Å². The fourth-order valence-electron chi connectivity index (χ4n) is 1.86. The average Bonchev–Trinajstić information content (AvgIpc) is 2.76. The summed E-state index contributed by atoms with van der Waals surface area (Å²) in [6.45, 7) is 4.28. The summed E-state index contributed by atoms with van der Waals surface area (Å²) in [7, 11) is 0. The first-order chi connectivity index (χ1) is 8.67. The van der Waals surface area contributed by atoms with Crippen LogP contribution in [0.5, 0.6) is 0 Å². The van der Waals surface area contributed by atoms with Crippen LogP contribution in [0.3, 0.4) is 0 Å². The smallest absolute Gasteiger partial charge is 0.164 e. The molecule has 18 heavy (non-hydrogen) atoms. The third kappa shape index (κ3) is 2.26. The van der Waals surface area contributed by atoms with Gasteiger partial charge in [0.05, 0.1) is 0 Å². The van der Waals surface area contributed by atoms with Crippen molar-refractivity contribution in [3.05, 3.63) is 35.4 Å². The molecule has 0 unspecified atom stereocenters. The van der Waals surface area contributed by atoms with E-state index < -0.39 is 0 Å². The number of hydrogen-bond acceptors (Lipinski definition) is 3. The number of nitrogens with zero attached hydrogens (tertiary/aromatic N) is 3. The molecule has 0 saturated heterocycles. The molecule has 4 nitrogen and oxygen atoms in total. The average molecular weight is 249 g/mol. The minimum absolute atomic E-state index is 0.165. The predicted molar refractivity (Wildman–Crippen MR) is 66.4 cm³/mol. The molecule has 1 heterocycles. The highest BCUT2D eigenvalue weighted by molar-refractivity contribution is 5.56. The maximum Gasteiger partial charge on any atom is 0.164 e. The largest absolute Gasteiger partial charge is 0.388 e. The third-order valence-electron chi connectivity index (χ3n) is 2.85. The van der Waals surface area contributed by atoms with Crippen LogP contribution in [0.15, 0.2) is 18.2 Å². The van der Waals surface area contributed by atoms with Crippen LogP contribution in [0.4, 0.5) is 4.39 Å². The second-order valence-electron chi connectivity index (χ2n) is 4.21. The summed E-state index contributed by atoms with van der Waals surface area (Å²) in [6, 6.07) is 4.98. The molecule has 0 saturated carbocycles. The molecular weight excluding hydrogens is 233 g/mol. The first-order valence-corrected chi connectivity index (χ1v) is 5.96. The Balaban J connectivity index is 2.49. The van der Waals surface area contributed by atoms with Crippen molar-refractivity contribution in [1.29, 1.82) is 0 Å². The van der Waals surface area contributed by atoms with Crippen LogP contribution in [0.1, 0.15) is 24.7 Å². The van der Waals surface area contributed by atoms with Crippen LogP contribution in [-0.2, 0) is 13.2 Å². The summed E-state index contributed by atoms with van der Waals surface area (Å²) in [5.74, 6) is 0.844. The summed E-state index contributed by atoms with van der Waals surface area (Å²) in [5.41, 5.74) is 1.28. The zero-order valence-electron chi connectivity index (χ0n) is 10.5.